The summed E-state index contributed by atoms with van der Waals surface area (Å²) >= 11 is 0. The van der Waals surface area contributed by atoms with Gasteiger partial charge in [0.05, 0.1) is 0 Å². The lowest BCUT2D eigenvalue weighted by atomic mass is 9.99. The molecule has 0 spiro atoms. The van der Waals surface area contributed by atoms with E-state index in [0.717, 1.165) is 6.54 Å². The van der Waals surface area contributed by atoms with Crippen LogP contribution in [-0.4, -0.2) is 31.1 Å². The number of benzene rings is 1. The Morgan fingerprint density at radius 2 is 1.85 bits per heavy atom. The number of aryl methyl sites for hydroxylation is 1. The zero-order valence-corrected chi connectivity index (χ0v) is 12.6. The van der Waals surface area contributed by atoms with Crippen LogP contribution in [0.15, 0.2) is 24.3 Å². The van der Waals surface area contributed by atoms with E-state index >= 15 is 0 Å². The number of rotatable bonds is 4. The molecule has 0 bridgehead atoms. The van der Waals surface area contributed by atoms with Gasteiger partial charge in [-0.3, -0.25) is 0 Å². The molecule has 1 unspecified atom stereocenters. The van der Waals surface area contributed by atoms with Crippen LogP contribution in [0.2, 0.25) is 0 Å². The summed E-state index contributed by atoms with van der Waals surface area (Å²) in [6, 6.07) is 9.62. The second-order valence-electron chi connectivity index (χ2n) is 6.35. The molecule has 20 heavy (non-hydrogen) atoms. The van der Waals surface area contributed by atoms with E-state index in [1.807, 2.05) is 0 Å². The summed E-state index contributed by atoms with van der Waals surface area (Å²) in [7, 11) is 0. The number of hydrogen-bond donors (Lipinski definition) is 1. The van der Waals surface area contributed by atoms with E-state index in [0.29, 0.717) is 6.04 Å². The minimum absolute atomic E-state index is 0.582. The van der Waals surface area contributed by atoms with Gasteiger partial charge >= 0.3 is 0 Å². The molecule has 3 rings (SSSR count). The largest absolute Gasteiger partial charge is 0.309 e. The number of piperidine rings is 1. The molecular weight excluding hydrogens is 244 g/mol. The Bertz CT molecular complexity index is 410. The van der Waals surface area contributed by atoms with Crippen molar-refractivity contribution in [3.8, 4) is 0 Å². The Labute approximate surface area is 123 Å². The first-order valence-corrected chi connectivity index (χ1v) is 8.47. The Hall–Kier alpha value is -0.860. The maximum Gasteiger partial charge on any atom is 0.0323 e. The number of nitrogens with one attached hydrogen (secondary N) is 1. The molecule has 110 valence electrons. The summed E-state index contributed by atoms with van der Waals surface area (Å²) in [5.41, 5.74) is 3.13. The quantitative estimate of drug-likeness (QED) is 0.844. The SMILES string of the molecule is c1ccc2c(c1)CCCCC2NCCN1CCCCC1. The van der Waals surface area contributed by atoms with E-state index in [-0.39, 0.29) is 0 Å². The van der Waals surface area contributed by atoms with Gasteiger partial charge in [0, 0.05) is 19.1 Å². The molecule has 0 radical (unpaired) electrons. The zero-order valence-electron chi connectivity index (χ0n) is 12.6. The lowest BCUT2D eigenvalue weighted by Crippen LogP contribution is -2.37. The molecule has 2 heteroatoms. The van der Waals surface area contributed by atoms with Crippen LogP contribution >= 0.6 is 0 Å². The summed E-state index contributed by atoms with van der Waals surface area (Å²) in [6.45, 7) is 4.98. The third kappa shape index (κ3) is 3.62. The Morgan fingerprint density at radius 1 is 1.00 bits per heavy atom. The van der Waals surface area contributed by atoms with Crippen LogP contribution in [0.25, 0.3) is 0 Å². The Balaban J connectivity index is 1.54. The van der Waals surface area contributed by atoms with Crippen molar-refractivity contribution in [2.75, 3.05) is 26.2 Å². The molecule has 1 aromatic rings. The van der Waals surface area contributed by atoms with Crippen molar-refractivity contribution in [1.82, 2.24) is 10.2 Å². The van der Waals surface area contributed by atoms with Crippen LogP contribution in [-0.2, 0) is 6.42 Å². The number of likely N-dealkylation sites (tertiary alicyclic amines) is 1. The van der Waals surface area contributed by atoms with Gasteiger partial charge in [-0.05, 0) is 56.3 Å². The molecule has 1 saturated heterocycles. The second kappa shape index (κ2) is 7.24. The highest BCUT2D eigenvalue weighted by Crippen LogP contribution is 2.28. The molecule has 1 aliphatic carbocycles. The van der Waals surface area contributed by atoms with Crippen LogP contribution in [0, 0.1) is 0 Å². The van der Waals surface area contributed by atoms with Crippen LogP contribution in [0.4, 0.5) is 0 Å². The minimum atomic E-state index is 0.582. The van der Waals surface area contributed by atoms with Gasteiger partial charge in [-0.25, -0.2) is 0 Å². The standard InChI is InChI=1S/C18H28N2/c1-6-13-20(14-7-1)15-12-19-18-11-5-3-9-16-8-2-4-10-17(16)18/h2,4,8,10,18-19H,1,3,5-7,9,11-15H2. The topological polar surface area (TPSA) is 15.3 Å². The summed E-state index contributed by atoms with van der Waals surface area (Å²) in [5.74, 6) is 0. The van der Waals surface area contributed by atoms with Crippen LogP contribution in [0.3, 0.4) is 0 Å². The smallest absolute Gasteiger partial charge is 0.0323 e. The maximum atomic E-state index is 3.82. The molecule has 2 nitrogen and oxygen atoms in total. The van der Waals surface area contributed by atoms with Crippen LogP contribution in [0.5, 0.6) is 0 Å². The molecule has 0 saturated carbocycles. The first kappa shape index (κ1) is 14.1. The summed E-state index contributed by atoms with van der Waals surface area (Å²) in [5, 5.41) is 3.82. The van der Waals surface area contributed by atoms with Crippen molar-refractivity contribution in [1.29, 1.82) is 0 Å². The molecule has 1 aromatic carbocycles. The molecule has 0 amide bonds. The summed E-state index contributed by atoms with van der Waals surface area (Å²) in [4.78, 5) is 2.62. The highest BCUT2D eigenvalue weighted by molar-refractivity contribution is 5.31. The molecule has 1 atom stereocenters. The van der Waals surface area contributed by atoms with Gasteiger partial charge in [-0.2, -0.15) is 0 Å². The third-order valence-electron chi connectivity index (χ3n) is 4.89. The highest BCUT2D eigenvalue weighted by Gasteiger charge is 2.18. The molecule has 1 fully saturated rings. The van der Waals surface area contributed by atoms with Crippen molar-refractivity contribution in [3.05, 3.63) is 35.4 Å². The van der Waals surface area contributed by atoms with Crippen molar-refractivity contribution in [3.63, 3.8) is 0 Å². The predicted octanol–water partition coefficient (Wildman–Crippen LogP) is 3.53. The molecule has 2 aliphatic rings. The number of nitrogens with zero attached hydrogens (tertiary/aromatic N) is 1. The van der Waals surface area contributed by atoms with Crippen molar-refractivity contribution >= 4 is 0 Å². The van der Waals surface area contributed by atoms with Gasteiger partial charge in [0.1, 0.15) is 0 Å². The van der Waals surface area contributed by atoms with Crippen molar-refractivity contribution in [2.24, 2.45) is 0 Å². The van der Waals surface area contributed by atoms with E-state index in [1.165, 1.54) is 64.6 Å². The van der Waals surface area contributed by atoms with E-state index in [4.69, 9.17) is 0 Å². The van der Waals surface area contributed by atoms with E-state index in [9.17, 15) is 0 Å². The fourth-order valence-electron chi connectivity index (χ4n) is 3.71. The Kier molecular flexibility index (Phi) is 5.10. The van der Waals surface area contributed by atoms with E-state index < -0.39 is 0 Å². The maximum absolute atomic E-state index is 3.82. The van der Waals surface area contributed by atoms with Gasteiger partial charge in [-0.1, -0.05) is 37.1 Å². The molecule has 1 heterocycles. The zero-order chi connectivity index (χ0) is 13.6. The van der Waals surface area contributed by atoms with Crippen molar-refractivity contribution < 1.29 is 0 Å². The average molecular weight is 272 g/mol. The lowest BCUT2D eigenvalue weighted by Gasteiger charge is -2.27. The summed E-state index contributed by atoms with van der Waals surface area (Å²) < 4.78 is 0. The van der Waals surface area contributed by atoms with E-state index in [1.54, 1.807) is 11.1 Å². The number of fused-ring (bicyclic) bond motifs is 1. The van der Waals surface area contributed by atoms with E-state index in [2.05, 4.69) is 34.5 Å². The Morgan fingerprint density at radius 3 is 2.75 bits per heavy atom. The third-order valence-corrected chi connectivity index (χ3v) is 4.89. The lowest BCUT2D eigenvalue weighted by molar-refractivity contribution is 0.225. The van der Waals surface area contributed by atoms with Gasteiger partial charge in [0.2, 0.25) is 0 Å². The molecule has 1 N–H and O–H groups in total. The monoisotopic (exact) mass is 272 g/mol. The molecular formula is C18H28N2. The van der Waals surface area contributed by atoms with Crippen molar-refractivity contribution in [2.45, 2.75) is 51.0 Å². The minimum Gasteiger partial charge on any atom is -0.309 e. The predicted molar refractivity (Wildman–Crippen MR) is 85.0 cm³/mol. The van der Waals surface area contributed by atoms with Gasteiger partial charge in [0.25, 0.3) is 0 Å². The fourth-order valence-corrected chi connectivity index (χ4v) is 3.71. The van der Waals surface area contributed by atoms with Crippen LogP contribution < -0.4 is 5.32 Å². The average Bonchev–Trinajstić information content (AvgIpc) is 2.71. The normalized spacial score (nSPS) is 24.1. The molecule has 1 aliphatic heterocycles. The van der Waals surface area contributed by atoms with Gasteiger partial charge in [0.15, 0.2) is 0 Å². The van der Waals surface area contributed by atoms with Crippen LogP contribution in [0.1, 0.15) is 55.7 Å². The first-order chi connectivity index (χ1) is 9.93. The highest BCUT2D eigenvalue weighted by atomic mass is 15.1. The summed E-state index contributed by atoms with van der Waals surface area (Å²) in [6.07, 6.45) is 9.49. The van der Waals surface area contributed by atoms with Gasteiger partial charge < -0.3 is 10.2 Å². The second-order valence-corrected chi connectivity index (χ2v) is 6.35. The first-order valence-electron chi connectivity index (χ1n) is 8.47. The van der Waals surface area contributed by atoms with Gasteiger partial charge in [-0.15, -0.1) is 0 Å². The number of hydrogen-bond acceptors (Lipinski definition) is 2. The molecule has 0 aromatic heterocycles. The fraction of sp³-hybridized carbons (Fsp3) is 0.667.